The Morgan fingerprint density at radius 3 is 2.65 bits per heavy atom. The molecule has 1 aromatic heterocycles. The molecule has 0 bridgehead atoms. The molecule has 2 N–H and O–H groups in total. The molecule has 0 radical (unpaired) electrons. The number of thiophene rings is 1. The van der Waals surface area contributed by atoms with Crippen LogP contribution in [0.3, 0.4) is 0 Å². The molecule has 0 aliphatic rings. The van der Waals surface area contributed by atoms with Gasteiger partial charge in [0, 0.05) is 17.0 Å². The fourth-order valence-electron chi connectivity index (χ4n) is 1.45. The quantitative estimate of drug-likeness (QED) is 0.919. The Labute approximate surface area is 114 Å². The molecule has 5 heteroatoms. The van der Waals surface area contributed by atoms with Gasteiger partial charge in [0.1, 0.15) is 12.4 Å². The van der Waals surface area contributed by atoms with Gasteiger partial charge in [0.15, 0.2) is 0 Å². The van der Waals surface area contributed by atoms with Crippen molar-refractivity contribution in [3.63, 3.8) is 0 Å². The molecule has 2 rings (SSSR count). The molecule has 0 aliphatic carbocycles. The Kier molecular flexibility index (Phi) is 4.29. The van der Waals surface area contributed by atoms with Crippen molar-refractivity contribution in [1.29, 1.82) is 0 Å². The number of hydrogen-bond acceptors (Lipinski definition) is 3. The highest BCUT2D eigenvalue weighted by atomic mass is 35.5. The SMILES string of the molecule is NCc1cccc(Cl)c1OCc1ccc(Cl)s1. The van der Waals surface area contributed by atoms with E-state index in [1.165, 1.54) is 11.3 Å². The number of ether oxygens (including phenoxy) is 1. The van der Waals surface area contributed by atoms with E-state index in [0.717, 1.165) is 14.8 Å². The van der Waals surface area contributed by atoms with E-state index >= 15 is 0 Å². The lowest BCUT2D eigenvalue weighted by Gasteiger charge is -2.11. The number of benzene rings is 1. The van der Waals surface area contributed by atoms with Crippen LogP contribution in [0.1, 0.15) is 10.4 Å². The first-order chi connectivity index (χ1) is 8.20. The second-order valence-corrected chi connectivity index (χ2v) is 5.63. The standard InChI is InChI=1S/C12H11Cl2NOS/c13-10-3-1-2-8(6-15)12(10)16-7-9-4-5-11(14)17-9/h1-5H,6-7,15H2. The van der Waals surface area contributed by atoms with Crippen molar-refractivity contribution in [3.8, 4) is 5.75 Å². The first-order valence-corrected chi connectivity index (χ1v) is 6.62. The van der Waals surface area contributed by atoms with E-state index in [9.17, 15) is 0 Å². The van der Waals surface area contributed by atoms with Crippen LogP contribution >= 0.6 is 34.5 Å². The molecule has 1 heterocycles. The number of halogens is 2. The Bertz CT molecular complexity index is 513. The molecule has 1 aromatic carbocycles. The summed E-state index contributed by atoms with van der Waals surface area (Å²) in [5, 5.41) is 0.579. The van der Waals surface area contributed by atoms with E-state index < -0.39 is 0 Å². The topological polar surface area (TPSA) is 35.2 Å². The summed E-state index contributed by atoms with van der Waals surface area (Å²) in [5.41, 5.74) is 6.54. The smallest absolute Gasteiger partial charge is 0.142 e. The molecule has 0 aliphatic heterocycles. The fourth-order valence-corrected chi connectivity index (χ4v) is 2.70. The molecule has 0 saturated carbocycles. The summed E-state index contributed by atoms with van der Waals surface area (Å²) in [7, 11) is 0. The van der Waals surface area contributed by atoms with Crippen LogP contribution in [0.2, 0.25) is 9.36 Å². The van der Waals surface area contributed by atoms with Gasteiger partial charge in [-0.15, -0.1) is 11.3 Å². The van der Waals surface area contributed by atoms with Crippen molar-refractivity contribution in [3.05, 3.63) is 50.1 Å². The lowest BCUT2D eigenvalue weighted by atomic mass is 10.2. The van der Waals surface area contributed by atoms with Gasteiger partial charge in [-0.1, -0.05) is 35.3 Å². The normalized spacial score (nSPS) is 10.5. The highest BCUT2D eigenvalue weighted by molar-refractivity contribution is 7.16. The molecule has 0 fully saturated rings. The number of para-hydroxylation sites is 1. The lowest BCUT2D eigenvalue weighted by Crippen LogP contribution is -2.02. The van der Waals surface area contributed by atoms with Crippen LogP contribution in [0.25, 0.3) is 0 Å². The van der Waals surface area contributed by atoms with Crippen molar-refractivity contribution in [2.45, 2.75) is 13.2 Å². The zero-order chi connectivity index (χ0) is 12.3. The minimum atomic E-state index is 0.404. The molecule has 2 nitrogen and oxygen atoms in total. The van der Waals surface area contributed by atoms with Gasteiger partial charge in [-0.2, -0.15) is 0 Å². The summed E-state index contributed by atoms with van der Waals surface area (Å²) in [6, 6.07) is 9.34. The monoisotopic (exact) mass is 287 g/mol. The second kappa shape index (κ2) is 5.74. The van der Waals surface area contributed by atoms with E-state index in [4.69, 9.17) is 33.7 Å². The number of hydrogen-bond donors (Lipinski definition) is 1. The van der Waals surface area contributed by atoms with E-state index in [-0.39, 0.29) is 0 Å². The average molecular weight is 288 g/mol. The van der Waals surface area contributed by atoms with Gasteiger partial charge in [0.2, 0.25) is 0 Å². The molecule has 17 heavy (non-hydrogen) atoms. The van der Waals surface area contributed by atoms with E-state index in [1.807, 2.05) is 24.3 Å². The third-order valence-electron chi connectivity index (χ3n) is 2.26. The van der Waals surface area contributed by atoms with Gasteiger partial charge >= 0.3 is 0 Å². The molecule has 2 aromatic rings. The first-order valence-electron chi connectivity index (χ1n) is 5.05. The highest BCUT2D eigenvalue weighted by Crippen LogP contribution is 2.30. The van der Waals surface area contributed by atoms with Gasteiger partial charge in [-0.05, 0) is 18.2 Å². The maximum absolute atomic E-state index is 6.08. The summed E-state index contributed by atoms with van der Waals surface area (Å²) in [5.74, 6) is 0.654. The van der Waals surface area contributed by atoms with Gasteiger partial charge in [0.25, 0.3) is 0 Å². The predicted molar refractivity (Wildman–Crippen MR) is 73.0 cm³/mol. The average Bonchev–Trinajstić information content (AvgIpc) is 2.73. The zero-order valence-electron chi connectivity index (χ0n) is 8.95. The maximum Gasteiger partial charge on any atom is 0.142 e. The molecule has 0 amide bonds. The molecule has 90 valence electrons. The van der Waals surface area contributed by atoms with Gasteiger partial charge in [0.05, 0.1) is 9.36 Å². The zero-order valence-corrected chi connectivity index (χ0v) is 11.3. The molecular weight excluding hydrogens is 277 g/mol. The Hall–Kier alpha value is -0.740. The highest BCUT2D eigenvalue weighted by Gasteiger charge is 2.08. The van der Waals surface area contributed by atoms with Gasteiger partial charge in [-0.3, -0.25) is 0 Å². The molecule has 0 unspecified atom stereocenters. The number of nitrogens with two attached hydrogens (primary N) is 1. The predicted octanol–water partition coefficient (Wildman–Crippen LogP) is 4.09. The third kappa shape index (κ3) is 3.13. The van der Waals surface area contributed by atoms with Gasteiger partial charge in [-0.25, -0.2) is 0 Å². The third-order valence-corrected chi connectivity index (χ3v) is 3.76. The van der Waals surface area contributed by atoms with Crippen molar-refractivity contribution >= 4 is 34.5 Å². The minimum absolute atomic E-state index is 0.404. The van der Waals surface area contributed by atoms with Gasteiger partial charge < -0.3 is 10.5 Å². The van der Waals surface area contributed by atoms with E-state index in [0.29, 0.717) is 23.9 Å². The molecule has 0 atom stereocenters. The van der Waals surface area contributed by atoms with Crippen LogP contribution < -0.4 is 10.5 Å². The van der Waals surface area contributed by atoms with Crippen molar-refractivity contribution < 1.29 is 4.74 Å². The lowest BCUT2D eigenvalue weighted by molar-refractivity contribution is 0.307. The van der Waals surface area contributed by atoms with Crippen LogP contribution in [0.5, 0.6) is 5.75 Å². The van der Waals surface area contributed by atoms with Crippen LogP contribution in [0.15, 0.2) is 30.3 Å². The van der Waals surface area contributed by atoms with Crippen LogP contribution in [-0.2, 0) is 13.2 Å². The van der Waals surface area contributed by atoms with Crippen molar-refractivity contribution in [2.75, 3.05) is 0 Å². The fraction of sp³-hybridized carbons (Fsp3) is 0.167. The largest absolute Gasteiger partial charge is 0.486 e. The summed E-state index contributed by atoms with van der Waals surface area (Å²) in [6.45, 7) is 0.856. The minimum Gasteiger partial charge on any atom is -0.486 e. The maximum atomic E-state index is 6.08. The summed E-state index contributed by atoms with van der Waals surface area (Å²) in [6.07, 6.45) is 0. The molecule has 0 spiro atoms. The van der Waals surface area contributed by atoms with Crippen LogP contribution in [0.4, 0.5) is 0 Å². The van der Waals surface area contributed by atoms with Crippen molar-refractivity contribution in [2.24, 2.45) is 5.73 Å². The van der Waals surface area contributed by atoms with E-state index in [1.54, 1.807) is 6.07 Å². The molecule has 0 saturated heterocycles. The van der Waals surface area contributed by atoms with Crippen molar-refractivity contribution in [1.82, 2.24) is 0 Å². The summed E-state index contributed by atoms with van der Waals surface area (Å²) in [4.78, 5) is 1.05. The summed E-state index contributed by atoms with van der Waals surface area (Å²) < 4.78 is 6.45. The van der Waals surface area contributed by atoms with Crippen LogP contribution in [0, 0.1) is 0 Å². The molecular formula is C12H11Cl2NOS. The first kappa shape index (κ1) is 12.7. The number of rotatable bonds is 4. The summed E-state index contributed by atoms with van der Waals surface area (Å²) >= 11 is 13.4. The van der Waals surface area contributed by atoms with E-state index in [2.05, 4.69) is 0 Å². The Morgan fingerprint density at radius 1 is 1.18 bits per heavy atom. The Morgan fingerprint density at radius 2 is 2.00 bits per heavy atom. The second-order valence-electron chi connectivity index (χ2n) is 3.43. The van der Waals surface area contributed by atoms with Crippen LogP contribution in [-0.4, -0.2) is 0 Å². The Balaban J connectivity index is 2.13.